The minimum Gasteiger partial charge on any atom is -0.395 e. The van der Waals surface area contributed by atoms with Gasteiger partial charge in [-0.05, 0) is 25.1 Å². The van der Waals surface area contributed by atoms with E-state index < -0.39 is 0 Å². The van der Waals surface area contributed by atoms with Gasteiger partial charge in [-0.15, -0.1) is 11.3 Å². The third-order valence-electron chi connectivity index (χ3n) is 2.82. The molecule has 20 heavy (non-hydrogen) atoms. The van der Waals surface area contributed by atoms with Gasteiger partial charge in [0.1, 0.15) is 0 Å². The minimum absolute atomic E-state index is 0.0612. The maximum Gasteiger partial charge on any atom is 0.251 e. The van der Waals surface area contributed by atoms with Gasteiger partial charge in [-0.3, -0.25) is 4.79 Å². The summed E-state index contributed by atoms with van der Waals surface area (Å²) in [5.41, 5.74) is 4.31. The Morgan fingerprint density at radius 2 is 2.30 bits per heavy atom. The summed E-state index contributed by atoms with van der Waals surface area (Å²) >= 11 is 1.61. The van der Waals surface area contributed by atoms with E-state index in [4.69, 9.17) is 5.11 Å². The van der Waals surface area contributed by atoms with Crippen LogP contribution in [0, 0.1) is 6.92 Å². The summed E-state index contributed by atoms with van der Waals surface area (Å²) in [5, 5.41) is 14.6. The summed E-state index contributed by atoms with van der Waals surface area (Å²) in [6.07, 6.45) is 0. The lowest BCUT2D eigenvalue weighted by Gasteiger charge is -2.08. The number of aliphatic hydroxyl groups excluding tert-OH is 1. The van der Waals surface area contributed by atoms with Crippen molar-refractivity contribution in [3.05, 3.63) is 45.9 Å². The van der Waals surface area contributed by atoms with E-state index in [0.29, 0.717) is 12.1 Å². The Kier molecular flexibility index (Phi) is 5.09. The molecule has 0 saturated carbocycles. The number of aliphatic hydroxyl groups is 1. The number of benzene rings is 1. The standard InChI is InChI=1S/C14H17N3O2S/c1-10-13(20-9-17-10)8-16-12-4-2-3-11(7-12)14(19)15-5-6-18/h2-4,7,9,16,18H,5-6,8H2,1H3,(H,15,19). The Hall–Kier alpha value is -1.92. The van der Waals surface area contributed by atoms with Crippen LogP contribution in [-0.2, 0) is 6.54 Å². The second-order valence-corrected chi connectivity index (χ2v) is 5.21. The van der Waals surface area contributed by atoms with Gasteiger partial charge in [0.15, 0.2) is 0 Å². The van der Waals surface area contributed by atoms with Crippen LogP contribution in [0.5, 0.6) is 0 Å². The zero-order chi connectivity index (χ0) is 14.4. The van der Waals surface area contributed by atoms with Crippen molar-refractivity contribution < 1.29 is 9.90 Å². The van der Waals surface area contributed by atoms with E-state index in [1.54, 1.807) is 23.5 Å². The number of aryl methyl sites for hydroxylation is 1. The second-order valence-electron chi connectivity index (χ2n) is 4.27. The normalized spacial score (nSPS) is 10.3. The molecule has 6 heteroatoms. The van der Waals surface area contributed by atoms with E-state index in [1.807, 2.05) is 24.6 Å². The van der Waals surface area contributed by atoms with Gasteiger partial charge in [0.05, 0.1) is 24.4 Å². The highest BCUT2D eigenvalue weighted by atomic mass is 32.1. The second kappa shape index (κ2) is 7.02. The van der Waals surface area contributed by atoms with Crippen LogP contribution in [0.3, 0.4) is 0 Å². The number of carbonyl (C=O) groups is 1. The van der Waals surface area contributed by atoms with Crippen LogP contribution in [0.25, 0.3) is 0 Å². The molecule has 2 rings (SSSR count). The molecule has 0 aliphatic carbocycles. The van der Waals surface area contributed by atoms with Gasteiger partial charge in [0, 0.05) is 22.7 Å². The number of amides is 1. The zero-order valence-corrected chi connectivity index (χ0v) is 12.0. The average Bonchev–Trinajstić information content (AvgIpc) is 2.88. The Balaban J connectivity index is 1.99. The Morgan fingerprint density at radius 1 is 1.45 bits per heavy atom. The lowest BCUT2D eigenvalue weighted by Crippen LogP contribution is -2.26. The first-order valence-electron chi connectivity index (χ1n) is 6.32. The van der Waals surface area contributed by atoms with Crippen LogP contribution >= 0.6 is 11.3 Å². The van der Waals surface area contributed by atoms with Crippen LogP contribution in [-0.4, -0.2) is 29.1 Å². The molecule has 0 radical (unpaired) electrons. The first-order chi connectivity index (χ1) is 9.70. The first-order valence-corrected chi connectivity index (χ1v) is 7.20. The minimum atomic E-state index is -0.184. The number of nitrogens with one attached hydrogen (secondary N) is 2. The molecule has 0 bridgehead atoms. The number of hydrogen-bond acceptors (Lipinski definition) is 5. The number of nitrogens with zero attached hydrogens (tertiary/aromatic N) is 1. The molecule has 0 unspecified atom stereocenters. The van der Waals surface area contributed by atoms with Crippen molar-refractivity contribution in [2.24, 2.45) is 0 Å². The number of hydrogen-bond donors (Lipinski definition) is 3. The zero-order valence-electron chi connectivity index (χ0n) is 11.2. The van der Waals surface area contributed by atoms with Gasteiger partial charge in [-0.25, -0.2) is 4.98 Å². The smallest absolute Gasteiger partial charge is 0.251 e. The number of aromatic nitrogens is 1. The third-order valence-corrected chi connectivity index (χ3v) is 3.76. The molecule has 1 heterocycles. The predicted octanol–water partition coefficient (Wildman–Crippen LogP) is 1.79. The van der Waals surface area contributed by atoms with Gasteiger partial charge >= 0.3 is 0 Å². The van der Waals surface area contributed by atoms with Crippen molar-refractivity contribution in [3.8, 4) is 0 Å². The summed E-state index contributed by atoms with van der Waals surface area (Å²) in [6, 6.07) is 7.29. The van der Waals surface area contributed by atoms with Gasteiger partial charge in [0.25, 0.3) is 5.91 Å². The average molecular weight is 291 g/mol. The molecule has 0 saturated heterocycles. The largest absolute Gasteiger partial charge is 0.395 e. The molecular formula is C14H17N3O2S. The summed E-state index contributed by atoms with van der Waals surface area (Å²) < 4.78 is 0. The Labute approximate surface area is 121 Å². The molecule has 0 spiro atoms. The lowest BCUT2D eigenvalue weighted by atomic mass is 10.2. The topological polar surface area (TPSA) is 74.2 Å². The third kappa shape index (κ3) is 3.79. The van der Waals surface area contributed by atoms with E-state index in [-0.39, 0.29) is 19.1 Å². The summed E-state index contributed by atoms with van der Waals surface area (Å²) in [4.78, 5) is 17.2. The fourth-order valence-corrected chi connectivity index (χ4v) is 2.44. The summed E-state index contributed by atoms with van der Waals surface area (Å²) in [5.74, 6) is -0.184. The number of carbonyl (C=O) groups excluding carboxylic acids is 1. The summed E-state index contributed by atoms with van der Waals surface area (Å²) in [6.45, 7) is 2.87. The van der Waals surface area contributed by atoms with E-state index in [1.165, 1.54) is 4.88 Å². The highest BCUT2D eigenvalue weighted by Gasteiger charge is 2.06. The maximum absolute atomic E-state index is 11.8. The van der Waals surface area contributed by atoms with Crippen molar-refractivity contribution in [2.75, 3.05) is 18.5 Å². The number of anilines is 1. The molecule has 2 aromatic rings. The maximum atomic E-state index is 11.8. The van der Waals surface area contributed by atoms with Crippen LogP contribution in [0.15, 0.2) is 29.8 Å². The number of rotatable bonds is 6. The van der Waals surface area contributed by atoms with E-state index in [2.05, 4.69) is 15.6 Å². The molecule has 0 atom stereocenters. The van der Waals surface area contributed by atoms with Crippen LogP contribution in [0.2, 0.25) is 0 Å². The summed E-state index contributed by atoms with van der Waals surface area (Å²) in [7, 11) is 0. The molecule has 1 aromatic heterocycles. The quantitative estimate of drug-likeness (QED) is 0.758. The van der Waals surface area contributed by atoms with Gasteiger partial charge in [-0.2, -0.15) is 0 Å². The monoisotopic (exact) mass is 291 g/mol. The number of thiazole rings is 1. The molecule has 106 valence electrons. The highest BCUT2D eigenvalue weighted by molar-refractivity contribution is 7.09. The van der Waals surface area contributed by atoms with Crippen molar-refractivity contribution in [3.63, 3.8) is 0 Å². The van der Waals surface area contributed by atoms with E-state index in [9.17, 15) is 4.79 Å². The molecular weight excluding hydrogens is 274 g/mol. The molecule has 0 aliphatic rings. The van der Waals surface area contributed by atoms with Crippen molar-refractivity contribution in [1.29, 1.82) is 0 Å². The lowest BCUT2D eigenvalue weighted by molar-refractivity contribution is 0.0945. The molecule has 1 aromatic carbocycles. The van der Waals surface area contributed by atoms with Crippen molar-refractivity contribution in [2.45, 2.75) is 13.5 Å². The fraction of sp³-hybridized carbons (Fsp3) is 0.286. The van der Waals surface area contributed by atoms with Crippen LogP contribution in [0.1, 0.15) is 20.9 Å². The van der Waals surface area contributed by atoms with Gasteiger partial charge in [-0.1, -0.05) is 6.07 Å². The van der Waals surface area contributed by atoms with E-state index in [0.717, 1.165) is 11.4 Å². The first kappa shape index (κ1) is 14.5. The molecule has 5 nitrogen and oxygen atoms in total. The predicted molar refractivity (Wildman–Crippen MR) is 80.0 cm³/mol. The molecule has 0 fully saturated rings. The van der Waals surface area contributed by atoms with Crippen LogP contribution in [0.4, 0.5) is 5.69 Å². The highest BCUT2D eigenvalue weighted by Crippen LogP contribution is 2.16. The fourth-order valence-electron chi connectivity index (χ4n) is 1.72. The SMILES string of the molecule is Cc1ncsc1CNc1cccc(C(=O)NCCO)c1. The van der Waals surface area contributed by atoms with Crippen LogP contribution < -0.4 is 10.6 Å². The van der Waals surface area contributed by atoms with Crippen molar-refractivity contribution in [1.82, 2.24) is 10.3 Å². The van der Waals surface area contributed by atoms with E-state index >= 15 is 0 Å². The van der Waals surface area contributed by atoms with Gasteiger partial charge < -0.3 is 15.7 Å². The molecule has 3 N–H and O–H groups in total. The molecule has 0 aliphatic heterocycles. The van der Waals surface area contributed by atoms with Crippen molar-refractivity contribution >= 4 is 22.9 Å². The Morgan fingerprint density at radius 3 is 3.00 bits per heavy atom. The Bertz CT molecular complexity index is 583. The molecule has 1 amide bonds. The van der Waals surface area contributed by atoms with Gasteiger partial charge in [0.2, 0.25) is 0 Å².